The SMILES string of the molecule is N#CC(C#N)=C(C#N)c1ccccc1. The molecule has 0 saturated carbocycles. The van der Waals surface area contributed by atoms with Crippen molar-refractivity contribution in [3.05, 3.63) is 41.5 Å². The van der Waals surface area contributed by atoms with Gasteiger partial charge in [0.2, 0.25) is 0 Å². The minimum absolute atomic E-state index is 0.121. The molecule has 0 aliphatic carbocycles. The summed E-state index contributed by atoms with van der Waals surface area (Å²) < 4.78 is 0. The van der Waals surface area contributed by atoms with E-state index < -0.39 is 0 Å². The van der Waals surface area contributed by atoms with Gasteiger partial charge in [0, 0.05) is 0 Å². The summed E-state index contributed by atoms with van der Waals surface area (Å²) in [7, 11) is 0. The van der Waals surface area contributed by atoms with Crippen LogP contribution in [0, 0.1) is 34.0 Å². The van der Waals surface area contributed by atoms with Crippen LogP contribution in [0.3, 0.4) is 0 Å². The highest BCUT2D eigenvalue weighted by atomic mass is 14.3. The fourth-order valence-corrected chi connectivity index (χ4v) is 1.01. The van der Waals surface area contributed by atoms with E-state index in [1.54, 1.807) is 42.5 Å². The topological polar surface area (TPSA) is 71.4 Å². The fourth-order valence-electron chi connectivity index (χ4n) is 1.01. The van der Waals surface area contributed by atoms with Crippen LogP contribution in [-0.2, 0) is 0 Å². The average molecular weight is 179 g/mol. The van der Waals surface area contributed by atoms with E-state index in [0.29, 0.717) is 5.56 Å². The van der Waals surface area contributed by atoms with Gasteiger partial charge in [0.1, 0.15) is 23.8 Å². The summed E-state index contributed by atoms with van der Waals surface area (Å²) in [6.07, 6.45) is 0. The van der Waals surface area contributed by atoms with Crippen LogP contribution in [0.2, 0.25) is 0 Å². The Hall–Kier alpha value is -2.57. The first-order valence-corrected chi connectivity index (χ1v) is 3.83. The second-order valence-electron chi connectivity index (χ2n) is 2.45. The second-order valence-corrected chi connectivity index (χ2v) is 2.45. The Bertz CT molecular complexity index is 462. The maximum Gasteiger partial charge on any atom is 0.148 e. The zero-order valence-corrected chi connectivity index (χ0v) is 7.23. The molecule has 0 atom stereocenters. The molecule has 1 aromatic carbocycles. The van der Waals surface area contributed by atoms with E-state index in [1.165, 1.54) is 0 Å². The van der Waals surface area contributed by atoms with Crippen molar-refractivity contribution >= 4 is 5.57 Å². The third-order valence-electron chi connectivity index (χ3n) is 1.65. The number of benzene rings is 1. The van der Waals surface area contributed by atoms with Gasteiger partial charge in [-0.3, -0.25) is 0 Å². The van der Waals surface area contributed by atoms with Gasteiger partial charge < -0.3 is 0 Å². The molecule has 0 unspecified atom stereocenters. The molecule has 0 aliphatic heterocycles. The van der Waals surface area contributed by atoms with Gasteiger partial charge in [0.15, 0.2) is 0 Å². The molecule has 14 heavy (non-hydrogen) atoms. The van der Waals surface area contributed by atoms with Gasteiger partial charge in [0.25, 0.3) is 0 Å². The van der Waals surface area contributed by atoms with E-state index in [1.807, 2.05) is 6.07 Å². The van der Waals surface area contributed by atoms with Crippen LogP contribution in [0.4, 0.5) is 0 Å². The first kappa shape index (κ1) is 9.52. The number of allylic oxidation sites excluding steroid dienone is 2. The predicted molar refractivity (Wildman–Crippen MR) is 50.2 cm³/mol. The number of hydrogen-bond acceptors (Lipinski definition) is 3. The van der Waals surface area contributed by atoms with Crippen molar-refractivity contribution in [1.82, 2.24) is 0 Å². The Morgan fingerprint density at radius 3 is 1.86 bits per heavy atom. The standard InChI is InChI=1S/C11H5N3/c12-6-10(7-13)11(8-14)9-4-2-1-3-5-9/h1-5H. The third-order valence-corrected chi connectivity index (χ3v) is 1.65. The van der Waals surface area contributed by atoms with Crippen molar-refractivity contribution in [2.45, 2.75) is 0 Å². The van der Waals surface area contributed by atoms with Gasteiger partial charge in [-0.25, -0.2) is 0 Å². The van der Waals surface area contributed by atoms with Crippen molar-refractivity contribution in [3.8, 4) is 18.2 Å². The van der Waals surface area contributed by atoms with E-state index in [0.717, 1.165) is 0 Å². The summed E-state index contributed by atoms with van der Waals surface area (Å²) in [5.74, 6) is 0. The fraction of sp³-hybridized carbons (Fsp3) is 0. The van der Waals surface area contributed by atoms with Crippen LogP contribution in [0.25, 0.3) is 5.57 Å². The van der Waals surface area contributed by atoms with Crippen LogP contribution in [-0.4, -0.2) is 0 Å². The number of hydrogen-bond donors (Lipinski definition) is 0. The zero-order chi connectivity index (χ0) is 10.4. The molecule has 3 nitrogen and oxygen atoms in total. The highest BCUT2D eigenvalue weighted by Gasteiger charge is 2.06. The quantitative estimate of drug-likeness (QED) is 0.619. The van der Waals surface area contributed by atoms with E-state index in [-0.39, 0.29) is 11.1 Å². The Labute approximate surface area is 81.7 Å². The van der Waals surface area contributed by atoms with Crippen molar-refractivity contribution in [2.75, 3.05) is 0 Å². The van der Waals surface area contributed by atoms with Crippen molar-refractivity contribution < 1.29 is 0 Å². The lowest BCUT2D eigenvalue weighted by Gasteiger charge is -1.96. The van der Waals surface area contributed by atoms with Crippen molar-refractivity contribution in [2.24, 2.45) is 0 Å². The monoisotopic (exact) mass is 179 g/mol. The van der Waals surface area contributed by atoms with Gasteiger partial charge in [-0.05, 0) is 5.56 Å². The Kier molecular flexibility index (Phi) is 3.03. The predicted octanol–water partition coefficient (Wildman–Crippen LogP) is 2.01. The molecule has 0 amide bonds. The van der Waals surface area contributed by atoms with E-state index in [4.69, 9.17) is 15.8 Å². The maximum absolute atomic E-state index is 8.80. The molecular weight excluding hydrogens is 174 g/mol. The molecule has 0 spiro atoms. The van der Waals surface area contributed by atoms with Crippen LogP contribution in [0.15, 0.2) is 35.9 Å². The van der Waals surface area contributed by atoms with Crippen LogP contribution >= 0.6 is 0 Å². The lowest BCUT2D eigenvalue weighted by Crippen LogP contribution is -1.85. The molecule has 0 radical (unpaired) electrons. The molecule has 0 fully saturated rings. The highest BCUT2D eigenvalue weighted by Crippen LogP contribution is 2.16. The largest absolute Gasteiger partial charge is 0.192 e. The van der Waals surface area contributed by atoms with Crippen LogP contribution in [0.1, 0.15) is 5.56 Å². The summed E-state index contributed by atoms with van der Waals surface area (Å²) in [4.78, 5) is 0. The molecule has 0 N–H and O–H groups in total. The molecule has 0 bridgehead atoms. The van der Waals surface area contributed by atoms with Gasteiger partial charge in [-0.15, -0.1) is 0 Å². The molecule has 0 aromatic heterocycles. The summed E-state index contributed by atoms with van der Waals surface area (Å²) in [5.41, 5.74) is 0.558. The van der Waals surface area contributed by atoms with Gasteiger partial charge in [0.05, 0.1) is 5.57 Å². The molecule has 0 aliphatic rings. The zero-order valence-electron chi connectivity index (χ0n) is 7.23. The molecule has 3 heteroatoms. The van der Waals surface area contributed by atoms with E-state index in [9.17, 15) is 0 Å². The summed E-state index contributed by atoms with van der Waals surface area (Å²) in [5, 5.41) is 26.0. The van der Waals surface area contributed by atoms with Gasteiger partial charge in [-0.1, -0.05) is 30.3 Å². The van der Waals surface area contributed by atoms with E-state index >= 15 is 0 Å². The second kappa shape index (κ2) is 4.45. The maximum atomic E-state index is 8.80. The minimum Gasteiger partial charge on any atom is -0.192 e. The molecule has 0 saturated heterocycles. The van der Waals surface area contributed by atoms with E-state index in [2.05, 4.69) is 0 Å². The summed E-state index contributed by atoms with van der Waals surface area (Å²) in [6, 6.07) is 13.9. The number of nitriles is 3. The number of nitrogens with zero attached hydrogens (tertiary/aromatic N) is 3. The van der Waals surface area contributed by atoms with Crippen LogP contribution < -0.4 is 0 Å². The lowest BCUT2D eigenvalue weighted by atomic mass is 10.0. The van der Waals surface area contributed by atoms with Gasteiger partial charge in [-0.2, -0.15) is 15.8 Å². The van der Waals surface area contributed by atoms with Crippen molar-refractivity contribution in [3.63, 3.8) is 0 Å². The smallest absolute Gasteiger partial charge is 0.148 e. The minimum atomic E-state index is -0.154. The highest BCUT2D eigenvalue weighted by molar-refractivity contribution is 5.84. The summed E-state index contributed by atoms with van der Waals surface area (Å²) in [6.45, 7) is 0. The van der Waals surface area contributed by atoms with Gasteiger partial charge >= 0.3 is 0 Å². The molecular formula is C11H5N3. The molecule has 1 rings (SSSR count). The Balaban J connectivity index is 3.36. The lowest BCUT2D eigenvalue weighted by molar-refractivity contribution is 1.45. The van der Waals surface area contributed by atoms with Crippen molar-refractivity contribution in [1.29, 1.82) is 15.8 Å². The number of rotatable bonds is 1. The molecule has 0 heterocycles. The summed E-state index contributed by atoms with van der Waals surface area (Å²) >= 11 is 0. The van der Waals surface area contributed by atoms with Crippen LogP contribution in [0.5, 0.6) is 0 Å². The molecule has 1 aromatic rings. The Morgan fingerprint density at radius 1 is 0.857 bits per heavy atom. The normalized spacial score (nSPS) is 7.79. The molecule has 64 valence electrons. The third kappa shape index (κ3) is 1.78. The average Bonchev–Trinajstić information content (AvgIpc) is 2.27. The first-order valence-electron chi connectivity index (χ1n) is 3.83. The first-order chi connectivity index (χ1) is 6.83. The Morgan fingerprint density at radius 2 is 1.43 bits per heavy atom.